The Morgan fingerprint density at radius 1 is 1.27 bits per heavy atom. The average molecular weight is 477 g/mol. The van der Waals surface area contributed by atoms with E-state index < -0.39 is 32.7 Å². The zero-order chi connectivity index (χ0) is 23.2. The summed E-state index contributed by atoms with van der Waals surface area (Å²) in [7, 11) is -1.71. The number of nitrogens with two attached hydrogens (primary N) is 1. The summed E-state index contributed by atoms with van der Waals surface area (Å²) >= 11 is 0. The molecular weight excluding hydrogens is 456 g/mol. The Labute approximate surface area is 189 Å². The second kappa shape index (κ2) is 10.6. The Morgan fingerprint density at radius 2 is 2.09 bits per heavy atom. The van der Waals surface area contributed by atoms with Gasteiger partial charge in [-0.25, -0.2) is 24.1 Å². The number of nitrogen functional groups attached to an aromatic ring is 1. The molecule has 11 nitrogen and oxygen atoms in total. The summed E-state index contributed by atoms with van der Waals surface area (Å²) in [6.07, 6.45) is 1.56. The number of anilines is 1. The van der Waals surface area contributed by atoms with Crippen molar-refractivity contribution in [2.24, 2.45) is 0 Å². The number of benzene rings is 1. The van der Waals surface area contributed by atoms with Gasteiger partial charge in [-0.1, -0.05) is 18.2 Å². The summed E-state index contributed by atoms with van der Waals surface area (Å²) in [5.41, 5.74) is 6.45. The summed E-state index contributed by atoms with van der Waals surface area (Å²) in [5, 5.41) is 0. The highest BCUT2D eigenvalue weighted by Gasteiger charge is 2.32. The van der Waals surface area contributed by atoms with Gasteiger partial charge in [-0.05, 0) is 19.1 Å². The number of carbonyl (C=O) groups is 1. The van der Waals surface area contributed by atoms with Crippen LogP contribution < -0.4 is 10.3 Å². The summed E-state index contributed by atoms with van der Waals surface area (Å²) in [6.45, 7) is 1.62. The molecule has 2 aromatic heterocycles. The van der Waals surface area contributed by atoms with Crippen LogP contribution in [0.2, 0.25) is 0 Å². The topological polar surface area (TPSA) is 133 Å². The van der Waals surface area contributed by atoms with Crippen LogP contribution in [-0.4, -0.2) is 51.3 Å². The van der Waals surface area contributed by atoms with E-state index in [9.17, 15) is 9.18 Å². The van der Waals surface area contributed by atoms with Crippen molar-refractivity contribution in [3.05, 3.63) is 54.9 Å². The minimum atomic E-state index is -1.71. The predicted octanol–water partition coefficient (Wildman–Crippen LogP) is 3.06. The van der Waals surface area contributed by atoms with Gasteiger partial charge in [0.2, 0.25) is 0 Å². The molecule has 3 atom stereocenters. The van der Waals surface area contributed by atoms with Gasteiger partial charge < -0.3 is 29.0 Å². The first-order valence-electron chi connectivity index (χ1n) is 9.91. The molecule has 3 heterocycles. The fourth-order valence-corrected chi connectivity index (χ4v) is 3.98. The normalized spacial score (nSPS) is 18.8. The summed E-state index contributed by atoms with van der Waals surface area (Å²) in [6, 6.07) is 8.90. The SMILES string of the molecule is CCOC(=O)COP(COC1C=C(F)C(n2cnc3c(N)ncnc32)O1)Oc1ccccc1. The molecule has 1 aromatic carbocycles. The number of nitrogens with zero attached hydrogens (tertiary/aromatic N) is 4. The lowest BCUT2D eigenvalue weighted by atomic mass is 10.3. The Hall–Kier alpha value is -3.18. The summed E-state index contributed by atoms with van der Waals surface area (Å²) in [5.74, 6) is -0.406. The highest BCUT2D eigenvalue weighted by Crippen LogP contribution is 2.41. The van der Waals surface area contributed by atoms with Crippen LogP contribution in [-0.2, 0) is 23.5 Å². The molecule has 0 spiro atoms. The Bertz CT molecular complexity index is 1130. The van der Waals surface area contributed by atoms with Crippen molar-refractivity contribution < 1.29 is 32.4 Å². The molecule has 0 saturated carbocycles. The molecule has 0 radical (unpaired) electrons. The van der Waals surface area contributed by atoms with Gasteiger partial charge >= 0.3 is 5.97 Å². The quantitative estimate of drug-likeness (QED) is 0.343. The zero-order valence-corrected chi connectivity index (χ0v) is 18.4. The summed E-state index contributed by atoms with van der Waals surface area (Å²) in [4.78, 5) is 23.7. The van der Waals surface area contributed by atoms with E-state index in [0.29, 0.717) is 16.9 Å². The monoisotopic (exact) mass is 477 g/mol. The van der Waals surface area contributed by atoms with Crippen molar-refractivity contribution >= 4 is 31.3 Å². The molecular formula is C20H21FN5O6P. The van der Waals surface area contributed by atoms with E-state index in [1.165, 1.54) is 23.3 Å². The lowest BCUT2D eigenvalue weighted by Gasteiger charge is -2.20. The number of imidazole rings is 1. The Balaban J connectivity index is 1.40. The van der Waals surface area contributed by atoms with E-state index in [1.807, 2.05) is 6.07 Å². The van der Waals surface area contributed by atoms with Crippen LogP contribution in [0.25, 0.3) is 11.2 Å². The molecule has 1 aliphatic heterocycles. The van der Waals surface area contributed by atoms with Crippen molar-refractivity contribution in [2.45, 2.75) is 19.4 Å². The number of carbonyl (C=O) groups excluding carboxylic acids is 1. The van der Waals surface area contributed by atoms with Crippen molar-refractivity contribution in [3.8, 4) is 5.75 Å². The molecule has 1 aliphatic rings. The fourth-order valence-electron chi connectivity index (χ4n) is 2.92. The third-order valence-corrected chi connectivity index (χ3v) is 5.55. The second-order valence-corrected chi connectivity index (χ2v) is 7.97. The molecule has 0 fully saturated rings. The third kappa shape index (κ3) is 5.60. The van der Waals surface area contributed by atoms with E-state index >= 15 is 0 Å². The molecule has 4 rings (SSSR count). The van der Waals surface area contributed by atoms with E-state index in [1.54, 1.807) is 31.2 Å². The van der Waals surface area contributed by atoms with Crippen LogP contribution in [0, 0.1) is 0 Å². The molecule has 0 saturated heterocycles. The van der Waals surface area contributed by atoms with Crippen molar-refractivity contribution in [3.63, 3.8) is 0 Å². The van der Waals surface area contributed by atoms with Gasteiger partial charge in [-0.3, -0.25) is 4.57 Å². The van der Waals surface area contributed by atoms with Crippen LogP contribution in [0.4, 0.5) is 10.2 Å². The maximum absolute atomic E-state index is 14.7. The van der Waals surface area contributed by atoms with Gasteiger partial charge in [0, 0.05) is 6.08 Å². The van der Waals surface area contributed by atoms with Gasteiger partial charge in [0.15, 0.2) is 36.4 Å². The number of ether oxygens (including phenoxy) is 3. The lowest BCUT2D eigenvalue weighted by molar-refractivity contribution is -0.145. The molecule has 13 heteroatoms. The van der Waals surface area contributed by atoms with Gasteiger partial charge in [0.25, 0.3) is 8.38 Å². The minimum Gasteiger partial charge on any atom is -0.464 e. The smallest absolute Gasteiger partial charge is 0.332 e. The van der Waals surface area contributed by atoms with E-state index in [0.717, 1.165) is 0 Å². The van der Waals surface area contributed by atoms with Crippen LogP contribution in [0.3, 0.4) is 0 Å². The number of rotatable bonds is 10. The van der Waals surface area contributed by atoms with Crippen molar-refractivity contribution in [1.82, 2.24) is 19.5 Å². The largest absolute Gasteiger partial charge is 0.464 e. The van der Waals surface area contributed by atoms with Crippen molar-refractivity contribution in [2.75, 3.05) is 25.3 Å². The van der Waals surface area contributed by atoms with Gasteiger partial charge in [-0.2, -0.15) is 0 Å². The van der Waals surface area contributed by atoms with Crippen molar-refractivity contribution in [1.29, 1.82) is 0 Å². The molecule has 2 N–H and O–H groups in total. The van der Waals surface area contributed by atoms with Gasteiger partial charge in [-0.15, -0.1) is 0 Å². The molecule has 0 amide bonds. The highest BCUT2D eigenvalue weighted by molar-refractivity contribution is 7.47. The number of fused-ring (bicyclic) bond motifs is 1. The number of hydrogen-bond acceptors (Lipinski definition) is 10. The number of esters is 1. The molecule has 0 aliphatic carbocycles. The first-order valence-corrected chi connectivity index (χ1v) is 11.3. The number of aromatic nitrogens is 4. The number of hydrogen-bond donors (Lipinski definition) is 1. The number of para-hydroxylation sites is 1. The maximum atomic E-state index is 14.7. The van der Waals surface area contributed by atoms with Crippen LogP contribution >= 0.6 is 8.38 Å². The number of halogens is 1. The maximum Gasteiger partial charge on any atom is 0.332 e. The molecule has 33 heavy (non-hydrogen) atoms. The molecule has 174 valence electrons. The van der Waals surface area contributed by atoms with Crippen LogP contribution in [0.15, 0.2) is 54.9 Å². The average Bonchev–Trinajstić information content (AvgIpc) is 3.40. The highest BCUT2D eigenvalue weighted by atomic mass is 31.2. The summed E-state index contributed by atoms with van der Waals surface area (Å²) < 4.78 is 43.6. The van der Waals surface area contributed by atoms with E-state index in [4.69, 9.17) is 29.0 Å². The van der Waals surface area contributed by atoms with E-state index in [-0.39, 0.29) is 25.4 Å². The van der Waals surface area contributed by atoms with Gasteiger partial charge in [0.1, 0.15) is 23.9 Å². The lowest BCUT2D eigenvalue weighted by Crippen LogP contribution is -2.18. The first-order chi connectivity index (χ1) is 16.0. The fraction of sp³-hybridized carbons (Fsp3) is 0.300. The minimum absolute atomic E-state index is 0.0927. The predicted molar refractivity (Wildman–Crippen MR) is 115 cm³/mol. The van der Waals surface area contributed by atoms with Gasteiger partial charge in [0.05, 0.1) is 12.9 Å². The zero-order valence-electron chi connectivity index (χ0n) is 17.5. The van der Waals surface area contributed by atoms with E-state index in [2.05, 4.69) is 15.0 Å². The second-order valence-electron chi connectivity index (χ2n) is 6.60. The Kier molecular flexibility index (Phi) is 7.40. The Morgan fingerprint density at radius 3 is 2.88 bits per heavy atom. The van der Waals surface area contributed by atoms with Crippen LogP contribution in [0.1, 0.15) is 13.2 Å². The standard InChI is InChI=1S/C20H21FN5O6P/c1-2-28-15(27)9-30-33(32-13-6-4-3-5-7-13)12-29-16-8-14(21)20(31-16)26-11-25-17-18(22)23-10-24-19(17)26/h3-8,10-11,16,20H,2,9,12H2,1H3,(H2,22,23,24). The third-order valence-electron chi connectivity index (χ3n) is 4.36. The molecule has 3 unspecified atom stereocenters. The first kappa shape index (κ1) is 23.0. The van der Waals surface area contributed by atoms with Crippen LogP contribution in [0.5, 0.6) is 5.75 Å². The molecule has 0 bridgehead atoms. The molecule has 3 aromatic rings.